The molecule has 0 aliphatic heterocycles. The molecule has 1 atom stereocenters. The van der Waals surface area contributed by atoms with E-state index in [1.54, 1.807) is 7.11 Å². The molecular weight excluding hydrogens is 112 g/mol. The van der Waals surface area contributed by atoms with Crippen molar-refractivity contribution < 1.29 is 4.74 Å². The molecule has 0 N–H and O–H groups in total. The second kappa shape index (κ2) is 3.53. The zero-order valence-electron chi connectivity index (χ0n) is 5.68. The van der Waals surface area contributed by atoms with Gasteiger partial charge < -0.3 is 4.74 Å². The van der Waals surface area contributed by atoms with Gasteiger partial charge in [0.05, 0.1) is 0 Å². The van der Waals surface area contributed by atoms with Crippen molar-refractivity contribution in [1.29, 1.82) is 0 Å². The van der Waals surface area contributed by atoms with Crippen molar-refractivity contribution in [3.05, 3.63) is 6.42 Å². The van der Waals surface area contributed by atoms with Crippen molar-refractivity contribution >= 4 is 0 Å². The van der Waals surface area contributed by atoms with Gasteiger partial charge in [-0.3, -0.25) is 0 Å². The SMILES string of the molecule is COCC#CCC1[CH]C1. The van der Waals surface area contributed by atoms with Crippen molar-refractivity contribution in [2.75, 3.05) is 13.7 Å². The summed E-state index contributed by atoms with van der Waals surface area (Å²) in [5.41, 5.74) is 0. The normalized spacial score (nSPS) is 16.6. The maximum absolute atomic E-state index is 4.76. The molecule has 9 heavy (non-hydrogen) atoms. The van der Waals surface area contributed by atoms with Gasteiger partial charge in [0.25, 0.3) is 0 Å². The Balaban J connectivity index is 1.95. The van der Waals surface area contributed by atoms with Crippen molar-refractivity contribution in [1.82, 2.24) is 0 Å². The highest BCUT2D eigenvalue weighted by Gasteiger charge is 2.19. The van der Waals surface area contributed by atoms with E-state index in [0.29, 0.717) is 6.61 Å². The van der Waals surface area contributed by atoms with Gasteiger partial charge in [-0.15, -0.1) is 5.92 Å². The molecule has 1 heteroatoms. The van der Waals surface area contributed by atoms with E-state index in [0.717, 1.165) is 12.3 Å². The van der Waals surface area contributed by atoms with Crippen LogP contribution in [0.3, 0.4) is 0 Å². The quantitative estimate of drug-likeness (QED) is 0.502. The van der Waals surface area contributed by atoms with Crippen molar-refractivity contribution in [3.63, 3.8) is 0 Å². The van der Waals surface area contributed by atoms with E-state index in [-0.39, 0.29) is 0 Å². The van der Waals surface area contributed by atoms with Gasteiger partial charge in [-0.25, -0.2) is 0 Å². The maximum Gasteiger partial charge on any atom is 0.107 e. The van der Waals surface area contributed by atoms with Crippen LogP contribution in [0.25, 0.3) is 0 Å². The minimum atomic E-state index is 0.576. The van der Waals surface area contributed by atoms with E-state index in [9.17, 15) is 0 Å². The van der Waals surface area contributed by atoms with Crippen LogP contribution < -0.4 is 0 Å². The highest BCUT2D eigenvalue weighted by Crippen LogP contribution is 2.29. The zero-order chi connectivity index (χ0) is 6.53. The van der Waals surface area contributed by atoms with Crippen LogP contribution in [-0.4, -0.2) is 13.7 Å². The summed E-state index contributed by atoms with van der Waals surface area (Å²) in [4.78, 5) is 0. The molecule has 1 nitrogen and oxygen atoms in total. The molecule has 0 aromatic rings. The van der Waals surface area contributed by atoms with Gasteiger partial charge in [-0.1, -0.05) is 5.92 Å². The zero-order valence-corrected chi connectivity index (χ0v) is 5.68. The molecule has 1 aliphatic rings. The van der Waals surface area contributed by atoms with Gasteiger partial charge >= 0.3 is 0 Å². The van der Waals surface area contributed by atoms with E-state index in [1.807, 2.05) is 0 Å². The number of hydrogen-bond acceptors (Lipinski definition) is 1. The molecule has 1 fully saturated rings. The lowest BCUT2D eigenvalue weighted by Crippen LogP contribution is -1.80. The Morgan fingerprint density at radius 2 is 2.44 bits per heavy atom. The number of rotatable bonds is 2. The Bertz CT molecular complexity index is 125. The van der Waals surface area contributed by atoms with E-state index in [1.165, 1.54) is 6.42 Å². The Morgan fingerprint density at radius 1 is 1.67 bits per heavy atom. The fourth-order valence-corrected chi connectivity index (χ4v) is 0.589. The molecule has 0 spiro atoms. The predicted octanol–water partition coefficient (Wildman–Crippen LogP) is 1.25. The maximum atomic E-state index is 4.76. The molecule has 0 saturated heterocycles. The minimum absolute atomic E-state index is 0.576. The molecular formula is C8H11O. The summed E-state index contributed by atoms with van der Waals surface area (Å²) in [6.07, 6.45) is 4.58. The second-order valence-electron chi connectivity index (χ2n) is 2.22. The van der Waals surface area contributed by atoms with Crippen molar-refractivity contribution in [2.24, 2.45) is 5.92 Å². The fraction of sp³-hybridized carbons (Fsp3) is 0.625. The molecule has 1 radical (unpaired) electrons. The van der Waals surface area contributed by atoms with Crippen LogP contribution in [0.2, 0.25) is 0 Å². The summed E-state index contributed by atoms with van der Waals surface area (Å²) in [6.45, 7) is 0.576. The largest absolute Gasteiger partial charge is 0.372 e. The van der Waals surface area contributed by atoms with E-state index < -0.39 is 0 Å². The minimum Gasteiger partial charge on any atom is -0.372 e. The van der Waals surface area contributed by atoms with Crippen molar-refractivity contribution in [3.8, 4) is 11.8 Å². The molecule has 1 rings (SSSR count). The third-order valence-electron chi connectivity index (χ3n) is 1.27. The lowest BCUT2D eigenvalue weighted by Gasteiger charge is -1.82. The Morgan fingerprint density at radius 3 is 3.00 bits per heavy atom. The predicted molar refractivity (Wildman–Crippen MR) is 36.7 cm³/mol. The van der Waals surface area contributed by atoms with Crippen LogP contribution >= 0.6 is 0 Å². The summed E-state index contributed by atoms with van der Waals surface area (Å²) in [5, 5.41) is 0. The van der Waals surface area contributed by atoms with Crippen LogP contribution in [0.15, 0.2) is 0 Å². The molecule has 0 amide bonds. The molecule has 49 valence electrons. The first-order valence-corrected chi connectivity index (χ1v) is 3.21. The number of methoxy groups -OCH3 is 1. The number of hydrogen-bond donors (Lipinski definition) is 0. The molecule has 0 aromatic heterocycles. The Hall–Kier alpha value is -0.480. The van der Waals surface area contributed by atoms with E-state index in [2.05, 4.69) is 18.3 Å². The lowest BCUT2D eigenvalue weighted by molar-refractivity contribution is 0.239. The highest BCUT2D eigenvalue weighted by atomic mass is 16.5. The highest BCUT2D eigenvalue weighted by molar-refractivity contribution is 5.07. The fourth-order valence-electron chi connectivity index (χ4n) is 0.589. The van der Waals surface area contributed by atoms with Crippen LogP contribution in [0.1, 0.15) is 12.8 Å². The van der Waals surface area contributed by atoms with Gasteiger partial charge in [-0.05, 0) is 18.8 Å². The Labute approximate surface area is 56.4 Å². The van der Waals surface area contributed by atoms with Gasteiger partial charge in [-0.2, -0.15) is 0 Å². The smallest absolute Gasteiger partial charge is 0.107 e. The summed E-state index contributed by atoms with van der Waals surface area (Å²) < 4.78 is 4.76. The van der Waals surface area contributed by atoms with E-state index >= 15 is 0 Å². The van der Waals surface area contributed by atoms with Gasteiger partial charge in [0.2, 0.25) is 0 Å². The molecule has 1 saturated carbocycles. The lowest BCUT2D eigenvalue weighted by atomic mass is 10.3. The van der Waals surface area contributed by atoms with Crippen LogP contribution in [0.5, 0.6) is 0 Å². The molecule has 0 bridgehead atoms. The van der Waals surface area contributed by atoms with E-state index in [4.69, 9.17) is 4.74 Å². The summed E-state index contributed by atoms with van der Waals surface area (Å²) >= 11 is 0. The molecule has 0 heterocycles. The van der Waals surface area contributed by atoms with Crippen LogP contribution in [0.4, 0.5) is 0 Å². The standard InChI is InChI=1S/C8H11O/c1-9-7-3-2-4-8-5-6-8/h5,8H,4,6-7H2,1H3. The second-order valence-corrected chi connectivity index (χ2v) is 2.22. The van der Waals surface area contributed by atoms with Crippen LogP contribution in [0, 0.1) is 24.2 Å². The average Bonchev–Trinajstić information content (AvgIpc) is 2.63. The Kier molecular flexibility index (Phi) is 2.60. The molecule has 1 aliphatic carbocycles. The van der Waals surface area contributed by atoms with Gasteiger partial charge in [0.15, 0.2) is 0 Å². The average molecular weight is 123 g/mol. The first-order chi connectivity index (χ1) is 4.43. The van der Waals surface area contributed by atoms with Crippen molar-refractivity contribution in [2.45, 2.75) is 12.8 Å². The van der Waals surface area contributed by atoms with Gasteiger partial charge in [0, 0.05) is 13.5 Å². The first-order valence-electron chi connectivity index (χ1n) is 3.21. The third kappa shape index (κ3) is 3.16. The molecule has 0 aromatic carbocycles. The topological polar surface area (TPSA) is 9.23 Å². The monoisotopic (exact) mass is 123 g/mol. The van der Waals surface area contributed by atoms with Crippen LogP contribution in [-0.2, 0) is 4.74 Å². The molecule has 1 unspecified atom stereocenters. The summed E-state index contributed by atoms with van der Waals surface area (Å²) in [7, 11) is 1.66. The number of ether oxygens (including phenoxy) is 1. The first kappa shape index (κ1) is 6.64. The summed E-state index contributed by atoms with van der Waals surface area (Å²) in [5.74, 6) is 6.76. The summed E-state index contributed by atoms with van der Waals surface area (Å²) in [6, 6.07) is 0. The van der Waals surface area contributed by atoms with Gasteiger partial charge in [0.1, 0.15) is 6.61 Å². The third-order valence-corrected chi connectivity index (χ3v) is 1.27.